The molecular formula is C19H15ClN2O5. The molecule has 2 heterocycles. The fourth-order valence-corrected chi connectivity index (χ4v) is 3.39. The van der Waals surface area contributed by atoms with Gasteiger partial charge < -0.3 is 14.3 Å². The van der Waals surface area contributed by atoms with Crippen LogP contribution in [0.25, 0.3) is 0 Å². The molecule has 8 heteroatoms. The van der Waals surface area contributed by atoms with Gasteiger partial charge in [0.05, 0.1) is 19.9 Å². The summed E-state index contributed by atoms with van der Waals surface area (Å²) in [7, 11) is 3.05. The largest absolute Gasteiger partial charge is 0.497 e. The number of rotatable bonds is 4. The highest BCUT2D eigenvalue weighted by atomic mass is 35.5. The van der Waals surface area contributed by atoms with E-state index in [2.05, 4.69) is 5.16 Å². The van der Waals surface area contributed by atoms with Crippen LogP contribution in [0.2, 0.25) is 5.02 Å². The van der Waals surface area contributed by atoms with Crippen LogP contribution in [0.4, 0.5) is 5.69 Å². The Bertz CT molecular complexity index is 957. The summed E-state index contributed by atoms with van der Waals surface area (Å²) in [4.78, 5) is 32.2. The number of benzene rings is 2. The SMILES string of the molecule is COc1ccc(OC)c(C2=NO[C@H]3C(=O)N(c4ccc(Cl)cc4)C(=O)[C@@H]23)c1. The van der Waals surface area contributed by atoms with Gasteiger partial charge in [0, 0.05) is 10.6 Å². The van der Waals surface area contributed by atoms with Gasteiger partial charge in [-0.2, -0.15) is 0 Å². The molecule has 2 aliphatic heterocycles. The lowest BCUT2D eigenvalue weighted by molar-refractivity contribution is -0.126. The number of fused-ring (bicyclic) bond motifs is 1. The van der Waals surface area contributed by atoms with Crippen LogP contribution in [0.3, 0.4) is 0 Å². The number of ether oxygens (including phenoxy) is 2. The van der Waals surface area contributed by atoms with Crippen LogP contribution >= 0.6 is 11.6 Å². The Balaban J connectivity index is 1.73. The van der Waals surface area contributed by atoms with Crippen molar-refractivity contribution in [1.82, 2.24) is 0 Å². The zero-order chi connectivity index (χ0) is 19.1. The van der Waals surface area contributed by atoms with Gasteiger partial charge in [0.1, 0.15) is 23.1 Å². The number of anilines is 1. The number of hydrogen-bond donors (Lipinski definition) is 0. The molecule has 0 bridgehead atoms. The fourth-order valence-electron chi connectivity index (χ4n) is 3.26. The van der Waals surface area contributed by atoms with Gasteiger partial charge in [0.2, 0.25) is 12.0 Å². The van der Waals surface area contributed by atoms with Gasteiger partial charge in [0.15, 0.2) is 0 Å². The molecule has 2 atom stereocenters. The number of oxime groups is 1. The predicted molar refractivity (Wildman–Crippen MR) is 98.4 cm³/mol. The van der Waals surface area contributed by atoms with Crippen molar-refractivity contribution in [3.63, 3.8) is 0 Å². The molecule has 1 fully saturated rings. The second kappa shape index (κ2) is 6.59. The van der Waals surface area contributed by atoms with Crippen molar-refractivity contribution in [1.29, 1.82) is 0 Å². The smallest absolute Gasteiger partial charge is 0.278 e. The van der Waals surface area contributed by atoms with Crippen molar-refractivity contribution in [2.24, 2.45) is 11.1 Å². The molecule has 2 aromatic rings. The predicted octanol–water partition coefficient (Wildman–Crippen LogP) is 2.65. The molecule has 1 saturated heterocycles. The highest BCUT2D eigenvalue weighted by Crippen LogP contribution is 2.38. The molecule has 138 valence electrons. The minimum Gasteiger partial charge on any atom is -0.497 e. The molecule has 2 amide bonds. The first-order valence-corrected chi connectivity index (χ1v) is 8.52. The summed E-state index contributed by atoms with van der Waals surface area (Å²) >= 11 is 5.89. The summed E-state index contributed by atoms with van der Waals surface area (Å²) in [6.07, 6.45) is -1.00. The van der Waals surface area contributed by atoms with Gasteiger partial charge in [-0.15, -0.1) is 0 Å². The maximum Gasteiger partial charge on any atom is 0.278 e. The Hall–Kier alpha value is -3.06. The van der Waals surface area contributed by atoms with Crippen LogP contribution in [0.15, 0.2) is 47.6 Å². The zero-order valence-corrected chi connectivity index (χ0v) is 15.3. The van der Waals surface area contributed by atoms with E-state index in [1.807, 2.05) is 0 Å². The van der Waals surface area contributed by atoms with E-state index in [1.54, 1.807) is 42.5 Å². The van der Waals surface area contributed by atoms with Crippen LogP contribution in [-0.4, -0.2) is 37.8 Å². The monoisotopic (exact) mass is 386 g/mol. The molecule has 0 unspecified atom stereocenters. The molecule has 4 rings (SSSR count). The second-order valence-corrected chi connectivity index (χ2v) is 6.47. The fraction of sp³-hybridized carbons (Fsp3) is 0.211. The third-order valence-corrected chi connectivity index (χ3v) is 4.83. The number of amides is 2. The molecule has 0 saturated carbocycles. The Morgan fingerprint density at radius 3 is 2.44 bits per heavy atom. The van der Waals surface area contributed by atoms with Crippen LogP contribution in [0.1, 0.15) is 5.56 Å². The van der Waals surface area contributed by atoms with Crippen molar-refractivity contribution in [3.05, 3.63) is 53.1 Å². The average Bonchev–Trinajstić information content (AvgIpc) is 3.22. The van der Waals surface area contributed by atoms with E-state index in [1.165, 1.54) is 14.2 Å². The van der Waals surface area contributed by atoms with Gasteiger partial charge in [-0.3, -0.25) is 9.59 Å². The number of halogens is 1. The van der Waals surface area contributed by atoms with E-state index >= 15 is 0 Å². The van der Waals surface area contributed by atoms with E-state index in [-0.39, 0.29) is 0 Å². The van der Waals surface area contributed by atoms with Crippen molar-refractivity contribution >= 4 is 34.8 Å². The normalized spacial score (nSPS) is 21.0. The van der Waals surface area contributed by atoms with Gasteiger partial charge in [-0.1, -0.05) is 16.8 Å². The van der Waals surface area contributed by atoms with Gasteiger partial charge in [-0.25, -0.2) is 4.90 Å². The number of methoxy groups -OCH3 is 2. The van der Waals surface area contributed by atoms with Crippen LogP contribution in [0, 0.1) is 5.92 Å². The molecule has 0 radical (unpaired) electrons. The van der Waals surface area contributed by atoms with E-state index < -0.39 is 23.8 Å². The summed E-state index contributed by atoms with van der Waals surface area (Å²) in [6, 6.07) is 11.6. The Morgan fingerprint density at radius 1 is 1.04 bits per heavy atom. The van der Waals surface area contributed by atoms with Gasteiger partial charge >= 0.3 is 0 Å². The van der Waals surface area contributed by atoms with E-state index in [4.69, 9.17) is 25.9 Å². The summed E-state index contributed by atoms with van der Waals surface area (Å²) < 4.78 is 10.6. The second-order valence-electron chi connectivity index (χ2n) is 6.03. The van der Waals surface area contributed by atoms with Crippen LogP contribution in [0.5, 0.6) is 11.5 Å². The van der Waals surface area contributed by atoms with E-state index in [0.29, 0.717) is 33.5 Å². The molecule has 7 nitrogen and oxygen atoms in total. The van der Waals surface area contributed by atoms with Gasteiger partial charge in [0.25, 0.3) is 5.91 Å². The Labute approximate surface area is 160 Å². The third kappa shape index (κ3) is 2.71. The van der Waals surface area contributed by atoms with Crippen LogP contribution in [-0.2, 0) is 14.4 Å². The standard InChI is InChI=1S/C19H15ClN2O5/c1-25-12-7-8-14(26-2)13(9-12)16-15-17(27-21-16)19(24)22(18(15)23)11-5-3-10(20)4-6-11/h3-9,15,17H,1-2H3/t15-,17+/m0/s1. The summed E-state index contributed by atoms with van der Waals surface area (Å²) in [5.74, 6) is -0.650. The third-order valence-electron chi connectivity index (χ3n) is 4.58. The molecule has 0 aliphatic carbocycles. The summed E-state index contributed by atoms with van der Waals surface area (Å²) in [5, 5.41) is 4.52. The lowest BCUT2D eigenvalue weighted by Gasteiger charge is -2.16. The quantitative estimate of drug-likeness (QED) is 0.755. The van der Waals surface area contributed by atoms with Crippen molar-refractivity contribution in [2.45, 2.75) is 6.10 Å². The highest BCUT2D eigenvalue weighted by Gasteiger charge is 2.56. The van der Waals surface area contributed by atoms with Crippen molar-refractivity contribution in [3.8, 4) is 11.5 Å². The number of hydrogen-bond acceptors (Lipinski definition) is 6. The van der Waals surface area contributed by atoms with Gasteiger partial charge in [-0.05, 0) is 42.5 Å². The van der Waals surface area contributed by atoms with E-state index in [0.717, 1.165) is 4.90 Å². The number of carbonyl (C=O) groups is 2. The lowest BCUT2D eigenvalue weighted by atomic mass is 9.93. The topological polar surface area (TPSA) is 77.4 Å². The minimum absolute atomic E-state index is 0.338. The number of nitrogens with zero attached hydrogens (tertiary/aromatic N) is 2. The van der Waals surface area contributed by atoms with Crippen molar-refractivity contribution in [2.75, 3.05) is 19.1 Å². The number of imide groups is 1. The molecule has 0 spiro atoms. The first kappa shape index (κ1) is 17.4. The zero-order valence-electron chi connectivity index (χ0n) is 14.5. The maximum atomic E-state index is 13.1. The first-order chi connectivity index (χ1) is 13.0. The molecule has 0 N–H and O–H groups in total. The molecule has 2 aromatic carbocycles. The molecule has 27 heavy (non-hydrogen) atoms. The summed E-state index contributed by atoms with van der Waals surface area (Å²) in [5.41, 5.74) is 1.32. The molecular weight excluding hydrogens is 372 g/mol. The Morgan fingerprint density at radius 2 is 1.78 bits per heavy atom. The lowest BCUT2D eigenvalue weighted by Crippen LogP contribution is -2.33. The Kier molecular flexibility index (Phi) is 4.24. The van der Waals surface area contributed by atoms with Crippen molar-refractivity contribution < 1.29 is 23.9 Å². The minimum atomic E-state index is -1.00. The number of carbonyl (C=O) groups excluding carboxylic acids is 2. The summed E-state index contributed by atoms with van der Waals surface area (Å²) in [6.45, 7) is 0. The average molecular weight is 387 g/mol. The maximum absolute atomic E-state index is 13.1. The molecule has 2 aliphatic rings. The van der Waals surface area contributed by atoms with Crippen LogP contribution < -0.4 is 14.4 Å². The first-order valence-electron chi connectivity index (χ1n) is 8.14. The van der Waals surface area contributed by atoms with E-state index in [9.17, 15) is 9.59 Å². The highest BCUT2D eigenvalue weighted by molar-refractivity contribution is 6.33. The molecule has 0 aromatic heterocycles.